The molecular weight excluding hydrogens is 531 g/mol. The molecule has 0 amide bonds. The van der Waals surface area contributed by atoms with Gasteiger partial charge in [-0.05, 0) is 0 Å². The molecule has 0 unspecified atom stereocenters. The van der Waals surface area contributed by atoms with Crippen LogP contribution in [0.3, 0.4) is 0 Å². The van der Waals surface area contributed by atoms with Gasteiger partial charge in [-0.1, -0.05) is 0 Å². The highest BCUT2D eigenvalue weighted by Crippen LogP contribution is 2.70. The maximum absolute atomic E-state index is 5.31. The average molecular weight is 580 g/mol. The molecule has 0 spiro atoms. The molecule has 0 atom stereocenters. The van der Waals surface area contributed by atoms with Crippen LogP contribution in [0.4, 0.5) is 0 Å². The van der Waals surface area contributed by atoms with Crippen LogP contribution in [0, 0.1) is 0 Å². The molecule has 0 aliphatic carbocycles. The van der Waals surface area contributed by atoms with Gasteiger partial charge in [-0.25, -0.2) is 0 Å². The number of methoxy groups -OCH3 is 6. The van der Waals surface area contributed by atoms with E-state index in [2.05, 4.69) is 30.5 Å². The van der Waals surface area contributed by atoms with E-state index in [0.717, 1.165) is 0 Å². The zero-order valence-electron chi connectivity index (χ0n) is 22.6. The second kappa shape index (κ2) is 20.2. The predicted molar refractivity (Wildman–Crippen MR) is 147 cm³/mol. The lowest BCUT2D eigenvalue weighted by molar-refractivity contribution is 0.202. The molecule has 1 heterocycles. The number of hydrogen-bond acceptors (Lipinski definition) is 15. The van der Waals surface area contributed by atoms with E-state index >= 15 is 0 Å². The van der Waals surface area contributed by atoms with Crippen molar-refractivity contribution in [3.05, 3.63) is 0 Å². The molecule has 1 rings (SSSR count). The Labute approximate surface area is 216 Å². The fourth-order valence-electron chi connectivity index (χ4n) is 2.98. The van der Waals surface area contributed by atoms with Crippen LogP contribution in [0.15, 0.2) is 13.5 Å². The number of rotatable bonds is 24. The molecule has 216 valence electrons. The highest BCUT2D eigenvalue weighted by Gasteiger charge is 2.36. The quantitative estimate of drug-likeness (QED) is 0.0718. The highest BCUT2D eigenvalue weighted by molar-refractivity contribution is 7.83. The van der Waals surface area contributed by atoms with E-state index in [1.165, 1.54) is 0 Å². The molecular formula is C18H48N9O6P3. The van der Waals surface area contributed by atoms with Crippen LogP contribution in [0.25, 0.3) is 0 Å². The standard InChI is InChI=1S/C18H48N9O6P3/c1-28-13-7-19-34(20-8-14-29-2)25-35(21-9-15-30-3,22-10-16-31-4)27-36(26-34,23-11-17-32-5)24-12-18-33-6/h19-24H,7-18H2,1-6H3. The minimum Gasteiger partial charge on any atom is -0.383 e. The van der Waals surface area contributed by atoms with E-state index in [0.29, 0.717) is 78.9 Å². The lowest BCUT2D eigenvalue weighted by Crippen LogP contribution is -2.34. The molecule has 0 saturated heterocycles. The molecule has 18 heteroatoms. The van der Waals surface area contributed by atoms with Crippen LogP contribution in [0.2, 0.25) is 0 Å². The molecule has 6 N–H and O–H groups in total. The molecule has 0 bridgehead atoms. The van der Waals surface area contributed by atoms with Gasteiger partial charge in [0, 0.05) is 81.9 Å². The summed E-state index contributed by atoms with van der Waals surface area (Å²) in [7, 11) is 1.89. The van der Waals surface area contributed by atoms with Gasteiger partial charge < -0.3 is 28.4 Å². The van der Waals surface area contributed by atoms with Crippen molar-refractivity contribution < 1.29 is 28.4 Å². The predicted octanol–water partition coefficient (Wildman–Crippen LogP) is 1.25. The average Bonchev–Trinajstić information content (AvgIpc) is 2.85. The molecule has 0 fully saturated rings. The first-order chi connectivity index (χ1) is 17.5. The Morgan fingerprint density at radius 2 is 0.528 bits per heavy atom. The van der Waals surface area contributed by atoms with E-state index in [1.54, 1.807) is 42.7 Å². The minimum atomic E-state index is -2.71. The Hall–Kier alpha value is 0.210. The van der Waals surface area contributed by atoms with Gasteiger partial charge in [0.1, 0.15) is 0 Å². The van der Waals surface area contributed by atoms with Crippen LogP contribution in [-0.4, -0.2) is 122 Å². The van der Waals surface area contributed by atoms with Crippen molar-refractivity contribution in [2.45, 2.75) is 0 Å². The lowest BCUT2D eigenvalue weighted by Gasteiger charge is -2.37. The lowest BCUT2D eigenvalue weighted by atomic mass is 10.7. The van der Waals surface area contributed by atoms with Crippen LogP contribution >= 0.6 is 22.5 Å². The highest BCUT2D eigenvalue weighted by atomic mass is 31.3. The van der Waals surface area contributed by atoms with Crippen molar-refractivity contribution in [2.24, 2.45) is 13.5 Å². The third-order valence-corrected chi connectivity index (χ3v) is 14.8. The number of ether oxygens (including phenoxy) is 6. The van der Waals surface area contributed by atoms with Gasteiger partial charge in [0.15, 0.2) is 0 Å². The molecule has 1 aliphatic heterocycles. The summed E-state index contributed by atoms with van der Waals surface area (Å²) in [6.07, 6.45) is 0. The summed E-state index contributed by atoms with van der Waals surface area (Å²) in [4.78, 5) is 0. The van der Waals surface area contributed by atoms with Gasteiger partial charge in [-0.2, -0.15) is 13.5 Å². The molecule has 0 radical (unpaired) electrons. The normalized spacial score (nSPS) is 17.8. The van der Waals surface area contributed by atoms with Gasteiger partial charge in [-0.3, -0.25) is 30.5 Å². The second-order valence-corrected chi connectivity index (χ2v) is 15.1. The molecule has 15 nitrogen and oxygen atoms in total. The van der Waals surface area contributed by atoms with Gasteiger partial charge in [0.05, 0.1) is 39.6 Å². The fourth-order valence-corrected chi connectivity index (χ4v) is 14.7. The van der Waals surface area contributed by atoms with E-state index in [4.69, 9.17) is 42.0 Å². The molecule has 0 aromatic rings. The third kappa shape index (κ3) is 12.8. The summed E-state index contributed by atoms with van der Waals surface area (Å²) in [6, 6.07) is 0. The Morgan fingerprint density at radius 1 is 0.361 bits per heavy atom. The number of hydrogen-bond donors (Lipinski definition) is 6. The summed E-state index contributed by atoms with van der Waals surface area (Å²) >= 11 is 0. The number of nitrogens with one attached hydrogen (secondary N) is 6. The van der Waals surface area contributed by atoms with Crippen LogP contribution in [-0.2, 0) is 28.4 Å². The fraction of sp³-hybridized carbons (Fsp3) is 1.00. The van der Waals surface area contributed by atoms with Crippen molar-refractivity contribution >= 4 is 22.5 Å². The van der Waals surface area contributed by atoms with Gasteiger partial charge >= 0.3 is 0 Å². The molecule has 0 aromatic carbocycles. The van der Waals surface area contributed by atoms with Crippen molar-refractivity contribution in [1.29, 1.82) is 0 Å². The zero-order valence-corrected chi connectivity index (χ0v) is 25.3. The molecule has 0 saturated carbocycles. The van der Waals surface area contributed by atoms with E-state index in [9.17, 15) is 0 Å². The van der Waals surface area contributed by atoms with E-state index < -0.39 is 22.5 Å². The molecule has 1 aliphatic rings. The van der Waals surface area contributed by atoms with Crippen molar-refractivity contribution in [3.8, 4) is 0 Å². The zero-order chi connectivity index (χ0) is 26.6. The van der Waals surface area contributed by atoms with Gasteiger partial charge in [0.25, 0.3) is 0 Å². The van der Waals surface area contributed by atoms with Crippen molar-refractivity contribution in [3.63, 3.8) is 0 Å². The van der Waals surface area contributed by atoms with Crippen molar-refractivity contribution in [1.82, 2.24) is 30.5 Å². The summed E-state index contributed by atoms with van der Waals surface area (Å²) in [5.74, 6) is 0. The van der Waals surface area contributed by atoms with Crippen molar-refractivity contribution in [2.75, 3.05) is 122 Å². The SMILES string of the molecule is COCCNP1(NCCOC)=NP(NCCOC)(NCCOC)=NP(NCCOC)(NCCOC)=N1. The van der Waals surface area contributed by atoms with Crippen LogP contribution in [0.1, 0.15) is 0 Å². The Morgan fingerprint density at radius 3 is 0.667 bits per heavy atom. The van der Waals surface area contributed by atoms with E-state index in [1.807, 2.05) is 0 Å². The van der Waals surface area contributed by atoms with E-state index in [-0.39, 0.29) is 0 Å². The van der Waals surface area contributed by atoms with Gasteiger partial charge in [-0.15, -0.1) is 0 Å². The largest absolute Gasteiger partial charge is 0.383 e. The summed E-state index contributed by atoms with van der Waals surface area (Å²) in [6.45, 7) is 6.41. The summed E-state index contributed by atoms with van der Waals surface area (Å²) in [5, 5.41) is 21.4. The molecule has 0 aromatic heterocycles. The minimum absolute atomic E-state index is 0.509. The first-order valence-electron chi connectivity index (χ1n) is 11.8. The van der Waals surface area contributed by atoms with Crippen LogP contribution < -0.4 is 30.5 Å². The maximum atomic E-state index is 5.31. The smallest absolute Gasteiger partial charge is 0.216 e. The maximum Gasteiger partial charge on any atom is 0.216 e. The summed E-state index contributed by atoms with van der Waals surface area (Å²) < 4.78 is 47.7. The van der Waals surface area contributed by atoms with Crippen LogP contribution in [0.5, 0.6) is 0 Å². The monoisotopic (exact) mass is 579 g/mol. The second-order valence-electron chi connectivity index (χ2n) is 7.48. The Kier molecular flexibility index (Phi) is 19.2. The first kappa shape index (κ1) is 34.2. The molecule has 36 heavy (non-hydrogen) atoms. The summed E-state index contributed by atoms with van der Waals surface area (Å²) in [5.41, 5.74) is 0. The Balaban J connectivity index is 3.72. The Bertz CT molecular complexity index is 593. The van der Waals surface area contributed by atoms with Gasteiger partial charge in [0.2, 0.25) is 22.5 Å². The topological polar surface area (TPSA) is 165 Å². The number of nitrogens with zero attached hydrogens (tertiary/aromatic N) is 3. The first-order valence-corrected chi connectivity index (χ1v) is 16.9. The third-order valence-electron chi connectivity index (χ3n) is 4.61.